The van der Waals surface area contributed by atoms with E-state index in [1.807, 2.05) is 6.07 Å². The molecule has 1 saturated carbocycles. The summed E-state index contributed by atoms with van der Waals surface area (Å²) in [5, 5.41) is 19.0. The molecule has 0 atom stereocenters. The summed E-state index contributed by atoms with van der Waals surface area (Å²) in [6.07, 6.45) is 9.83. The van der Waals surface area contributed by atoms with E-state index < -0.39 is 0 Å². The maximum absolute atomic E-state index is 9.57. The zero-order chi connectivity index (χ0) is 18.4. The molecule has 0 aromatic heterocycles. The third-order valence-corrected chi connectivity index (χ3v) is 6.26. The summed E-state index contributed by atoms with van der Waals surface area (Å²) in [5.41, 5.74) is 6.20. The van der Waals surface area contributed by atoms with Crippen molar-refractivity contribution in [2.24, 2.45) is 0 Å². The molecular weight excluding hydrogens is 320 g/mol. The van der Waals surface area contributed by atoms with Crippen molar-refractivity contribution in [3.63, 3.8) is 0 Å². The van der Waals surface area contributed by atoms with Crippen molar-refractivity contribution in [2.45, 2.75) is 76.9 Å². The van der Waals surface area contributed by atoms with Crippen LogP contribution in [0.5, 0.6) is 0 Å². The number of aliphatic hydroxyl groups excluding tert-OH is 2. The topological polar surface area (TPSA) is 40.5 Å². The molecule has 2 heteroatoms. The maximum atomic E-state index is 9.57. The summed E-state index contributed by atoms with van der Waals surface area (Å²) < 4.78 is 0. The standard InChI is InChI=1S/C24H32O2/c1-2-19-7-6-8-23(16-19)24(12-4-3-5-13-24)14-11-20-9-10-21(17-25)22(15-20)18-26/h6-10,15-16,25-26H,2-5,11-14,17-18H2,1H3. The van der Waals surface area contributed by atoms with Gasteiger partial charge in [-0.25, -0.2) is 0 Å². The van der Waals surface area contributed by atoms with Crippen molar-refractivity contribution in [2.75, 3.05) is 0 Å². The number of rotatable bonds is 7. The predicted octanol–water partition coefficient (Wildman–Crippen LogP) is 5.07. The van der Waals surface area contributed by atoms with E-state index in [0.717, 1.165) is 30.4 Å². The first-order chi connectivity index (χ1) is 12.7. The third kappa shape index (κ3) is 4.19. The van der Waals surface area contributed by atoms with Crippen LogP contribution >= 0.6 is 0 Å². The van der Waals surface area contributed by atoms with E-state index in [0.29, 0.717) is 5.41 Å². The fraction of sp³-hybridized carbons (Fsp3) is 0.500. The van der Waals surface area contributed by atoms with Crippen LogP contribution in [0, 0.1) is 0 Å². The minimum Gasteiger partial charge on any atom is -0.392 e. The van der Waals surface area contributed by atoms with Crippen LogP contribution in [0.2, 0.25) is 0 Å². The monoisotopic (exact) mass is 352 g/mol. The number of benzene rings is 2. The lowest BCUT2D eigenvalue weighted by atomic mass is 9.66. The van der Waals surface area contributed by atoms with Gasteiger partial charge in [0.25, 0.3) is 0 Å². The number of aliphatic hydroxyl groups is 2. The molecule has 140 valence electrons. The van der Waals surface area contributed by atoms with E-state index in [9.17, 15) is 10.2 Å². The quantitative estimate of drug-likeness (QED) is 0.730. The summed E-state index contributed by atoms with van der Waals surface area (Å²) in [4.78, 5) is 0. The van der Waals surface area contributed by atoms with Gasteiger partial charge in [-0.2, -0.15) is 0 Å². The Bertz CT molecular complexity index is 714. The second-order valence-electron chi connectivity index (χ2n) is 7.81. The van der Waals surface area contributed by atoms with Gasteiger partial charge in [-0.3, -0.25) is 0 Å². The Morgan fingerprint density at radius 1 is 0.846 bits per heavy atom. The van der Waals surface area contributed by atoms with E-state index in [-0.39, 0.29) is 13.2 Å². The minimum absolute atomic E-state index is 0.00653. The van der Waals surface area contributed by atoms with E-state index >= 15 is 0 Å². The van der Waals surface area contributed by atoms with Gasteiger partial charge in [0.1, 0.15) is 0 Å². The smallest absolute Gasteiger partial charge is 0.0685 e. The van der Waals surface area contributed by atoms with E-state index in [1.54, 1.807) is 0 Å². The lowest BCUT2D eigenvalue weighted by Gasteiger charge is -2.38. The van der Waals surface area contributed by atoms with Crippen molar-refractivity contribution in [1.29, 1.82) is 0 Å². The molecule has 2 aromatic carbocycles. The van der Waals surface area contributed by atoms with Gasteiger partial charge < -0.3 is 10.2 Å². The van der Waals surface area contributed by atoms with Crippen LogP contribution < -0.4 is 0 Å². The first-order valence-electron chi connectivity index (χ1n) is 10.1. The fourth-order valence-electron chi connectivity index (χ4n) is 4.55. The highest BCUT2D eigenvalue weighted by molar-refractivity contribution is 5.34. The minimum atomic E-state index is -0.01000. The second kappa shape index (κ2) is 8.83. The predicted molar refractivity (Wildman–Crippen MR) is 107 cm³/mol. The molecule has 1 aliphatic rings. The van der Waals surface area contributed by atoms with Crippen molar-refractivity contribution in [3.05, 3.63) is 70.3 Å². The molecule has 3 rings (SSSR count). The Morgan fingerprint density at radius 3 is 2.31 bits per heavy atom. The van der Waals surface area contributed by atoms with Crippen LogP contribution in [-0.2, 0) is 31.5 Å². The van der Waals surface area contributed by atoms with E-state index in [4.69, 9.17) is 0 Å². The summed E-state index contributed by atoms with van der Waals surface area (Å²) in [7, 11) is 0. The van der Waals surface area contributed by atoms with Gasteiger partial charge >= 0.3 is 0 Å². The second-order valence-corrected chi connectivity index (χ2v) is 7.81. The van der Waals surface area contributed by atoms with Gasteiger partial charge in [0.05, 0.1) is 13.2 Å². The Morgan fingerprint density at radius 2 is 1.62 bits per heavy atom. The van der Waals surface area contributed by atoms with Crippen LogP contribution in [0.25, 0.3) is 0 Å². The van der Waals surface area contributed by atoms with Gasteiger partial charge in [-0.05, 0) is 65.3 Å². The van der Waals surface area contributed by atoms with Crippen molar-refractivity contribution in [1.82, 2.24) is 0 Å². The molecule has 1 aliphatic carbocycles. The van der Waals surface area contributed by atoms with Gasteiger partial charge in [-0.1, -0.05) is 68.7 Å². The highest BCUT2D eigenvalue weighted by Gasteiger charge is 2.33. The van der Waals surface area contributed by atoms with Crippen LogP contribution in [0.4, 0.5) is 0 Å². The van der Waals surface area contributed by atoms with Gasteiger partial charge in [-0.15, -0.1) is 0 Å². The van der Waals surface area contributed by atoms with E-state index in [2.05, 4.69) is 43.3 Å². The summed E-state index contributed by atoms with van der Waals surface area (Å²) in [6.45, 7) is 2.21. The van der Waals surface area contributed by atoms with Crippen LogP contribution in [-0.4, -0.2) is 10.2 Å². The van der Waals surface area contributed by atoms with Crippen LogP contribution in [0.15, 0.2) is 42.5 Å². The van der Waals surface area contributed by atoms with Crippen molar-refractivity contribution in [3.8, 4) is 0 Å². The molecule has 0 bridgehead atoms. The first kappa shape index (κ1) is 19.1. The van der Waals surface area contributed by atoms with Gasteiger partial charge in [0.15, 0.2) is 0 Å². The summed E-state index contributed by atoms with van der Waals surface area (Å²) in [6, 6.07) is 15.4. The molecule has 2 aromatic rings. The maximum Gasteiger partial charge on any atom is 0.0685 e. The van der Waals surface area contributed by atoms with Crippen LogP contribution in [0.1, 0.15) is 73.3 Å². The highest BCUT2D eigenvalue weighted by atomic mass is 16.3. The summed E-state index contributed by atoms with van der Waals surface area (Å²) >= 11 is 0. The molecule has 2 N–H and O–H groups in total. The Labute approximate surface area is 157 Å². The van der Waals surface area contributed by atoms with Crippen LogP contribution in [0.3, 0.4) is 0 Å². The third-order valence-electron chi connectivity index (χ3n) is 6.26. The number of hydrogen-bond acceptors (Lipinski definition) is 2. The average Bonchev–Trinajstić information content (AvgIpc) is 2.72. The zero-order valence-corrected chi connectivity index (χ0v) is 16.0. The number of hydrogen-bond donors (Lipinski definition) is 2. The first-order valence-corrected chi connectivity index (χ1v) is 10.1. The molecule has 0 unspecified atom stereocenters. The van der Waals surface area contributed by atoms with E-state index in [1.165, 1.54) is 48.8 Å². The van der Waals surface area contributed by atoms with Crippen molar-refractivity contribution < 1.29 is 10.2 Å². The van der Waals surface area contributed by atoms with Gasteiger partial charge in [0, 0.05) is 0 Å². The van der Waals surface area contributed by atoms with Gasteiger partial charge in [0.2, 0.25) is 0 Å². The Hall–Kier alpha value is -1.64. The molecule has 1 fully saturated rings. The Balaban J connectivity index is 1.83. The summed E-state index contributed by atoms with van der Waals surface area (Å²) in [5.74, 6) is 0. The molecule has 26 heavy (non-hydrogen) atoms. The molecule has 2 nitrogen and oxygen atoms in total. The zero-order valence-electron chi connectivity index (χ0n) is 16.0. The Kier molecular flexibility index (Phi) is 6.50. The highest BCUT2D eigenvalue weighted by Crippen LogP contribution is 2.43. The molecule has 0 heterocycles. The fourth-order valence-corrected chi connectivity index (χ4v) is 4.55. The SMILES string of the molecule is CCc1cccc(C2(CCc3ccc(CO)c(CO)c3)CCCCC2)c1. The molecule has 0 aliphatic heterocycles. The lowest BCUT2D eigenvalue weighted by Crippen LogP contribution is -2.30. The van der Waals surface area contributed by atoms with Crippen molar-refractivity contribution >= 4 is 0 Å². The molecule has 0 amide bonds. The average molecular weight is 353 g/mol. The number of aryl methyl sites for hydroxylation is 2. The normalized spacial score (nSPS) is 16.6. The molecule has 0 radical (unpaired) electrons. The lowest BCUT2D eigenvalue weighted by molar-refractivity contribution is 0.259. The largest absolute Gasteiger partial charge is 0.392 e. The molecular formula is C24H32O2. The molecule has 0 saturated heterocycles. The molecule has 0 spiro atoms.